The molecule has 0 bridgehead atoms. The Morgan fingerprint density at radius 3 is 2.61 bits per heavy atom. The molecule has 104 valence electrons. The van der Waals surface area contributed by atoms with E-state index < -0.39 is 0 Å². The van der Waals surface area contributed by atoms with Crippen LogP contribution in [-0.4, -0.2) is 30.0 Å². The predicted octanol–water partition coefficient (Wildman–Crippen LogP) is 2.53. The number of methoxy groups -OCH3 is 1. The lowest BCUT2D eigenvalue weighted by atomic mass is 9.90. The van der Waals surface area contributed by atoms with Crippen molar-refractivity contribution in [2.45, 2.75) is 33.7 Å². The van der Waals surface area contributed by atoms with Crippen LogP contribution in [0.15, 0.2) is 0 Å². The van der Waals surface area contributed by atoms with Crippen molar-refractivity contribution in [3.63, 3.8) is 0 Å². The van der Waals surface area contributed by atoms with Gasteiger partial charge in [-0.15, -0.1) is 0 Å². The Morgan fingerprint density at radius 1 is 1.44 bits per heavy atom. The van der Waals surface area contributed by atoms with E-state index >= 15 is 0 Å². The van der Waals surface area contributed by atoms with Crippen LogP contribution in [0.5, 0.6) is 0 Å². The van der Waals surface area contributed by atoms with Crippen molar-refractivity contribution in [3.8, 4) is 0 Å². The average molecular weight is 274 g/mol. The topological polar surface area (TPSA) is 39.1 Å². The Labute approximate surface area is 115 Å². The first-order valence-corrected chi connectivity index (χ1v) is 6.63. The van der Waals surface area contributed by atoms with Gasteiger partial charge in [0.1, 0.15) is 0 Å². The molecule has 1 aromatic rings. The Bertz CT molecular complexity index is 388. The highest BCUT2D eigenvalue weighted by Crippen LogP contribution is 2.21. The monoisotopic (exact) mass is 273 g/mol. The zero-order chi connectivity index (χ0) is 13.8. The van der Waals surface area contributed by atoms with Crippen molar-refractivity contribution < 1.29 is 4.74 Å². The molecule has 0 aliphatic carbocycles. The SMILES string of the molecule is COCCC(C)(C)CNCc1c(Cl)c(C)nn1C. The quantitative estimate of drug-likeness (QED) is 0.830. The molecule has 1 heterocycles. The fourth-order valence-corrected chi connectivity index (χ4v) is 2.09. The summed E-state index contributed by atoms with van der Waals surface area (Å²) in [6, 6.07) is 0. The van der Waals surface area contributed by atoms with Crippen molar-refractivity contribution in [1.82, 2.24) is 15.1 Å². The van der Waals surface area contributed by atoms with Gasteiger partial charge in [0.05, 0.1) is 16.4 Å². The number of nitrogens with one attached hydrogen (secondary N) is 1. The molecule has 0 saturated heterocycles. The van der Waals surface area contributed by atoms with Gasteiger partial charge >= 0.3 is 0 Å². The lowest BCUT2D eigenvalue weighted by Gasteiger charge is -2.24. The van der Waals surface area contributed by atoms with Gasteiger partial charge in [-0.25, -0.2) is 0 Å². The molecule has 0 atom stereocenters. The first kappa shape index (κ1) is 15.5. The smallest absolute Gasteiger partial charge is 0.0860 e. The van der Waals surface area contributed by atoms with Crippen LogP contribution >= 0.6 is 11.6 Å². The minimum atomic E-state index is 0.218. The highest BCUT2D eigenvalue weighted by molar-refractivity contribution is 6.31. The van der Waals surface area contributed by atoms with E-state index in [4.69, 9.17) is 16.3 Å². The summed E-state index contributed by atoms with van der Waals surface area (Å²) in [5, 5.41) is 8.51. The van der Waals surface area contributed by atoms with E-state index in [9.17, 15) is 0 Å². The maximum atomic E-state index is 6.20. The summed E-state index contributed by atoms with van der Waals surface area (Å²) in [6.45, 7) is 8.85. The first-order valence-electron chi connectivity index (χ1n) is 6.25. The Hall–Kier alpha value is -0.580. The predicted molar refractivity (Wildman–Crippen MR) is 74.9 cm³/mol. The number of aromatic nitrogens is 2. The van der Waals surface area contributed by atoms with Crippen LogP contribution in [0.2, 0.25) is 5.02 Å². The highest BCUT2D eigenvalue weighted by Gasteiger charge is 2.18. The van der Waals surface area contributed by atoms with Gasteiger partial charge in [0, 0.05) is 33.9 Å². The van der Waals surface area contributed by atoms with E-state index in [1.54, 1.807) is 7.11 Å². The second kappa shape index (κ2) is 6.55. The third kappa shape index (κ3) is 4.26. The van der Waals surface area contributed by atoms with Crippen molar-refractivity contribution >= 4 is 11.6 Å². The Kier molecular flexibility index (Phi) is 5.63. The molecule has 0 radical (unpaired) electrons. The molecule has 0 saturated carbocycles. The van der Waals surface area contributed by atoms with Crippen LogP contribution in [0.4, 0.5) is 0 Å². The van der Waals surface area contributed by atoms with Gasteiger partial charge in [-0.05, 0) is 18.8 Å². The Morgan fingerprint density at radius 2 is 2.11 bits per heavy atom. The van der Waals surface area contributed by atoms with Crippen LogP contribution in [0.25, 0.3) is 0 Å². The second-order valence-electron chi connectivity index (χ2n) is 5.48. The van der Waals surface area contributed by atoms with Gasteiger partial charge in [-0.2, -0.15) is 5.10 Å². The zero-order valence-electron chi connectivity index (χ0n) is 12.0. The van der Waals surface area contributed by atoms with Crippen LogP contribution < -0.4 is 5.32 Å². The van der Waals surface area contributed by atoms with Crippen LogP contribution in [0.1, 0.15) is 31.7 Å². The normalized spacial score (nSPS) is 12.1. The fourth-order valence-electron chi connectivity index (χ4n) is 1.86. The maximum Gasteiger partial charge on any atom is 0.0860 e. The molecule has 1 aromatic heterocycles. The summed E-state index contributed by atoms with van der Waals surface area (Å²) in [6.07, 6.45) is 1.04. The number of halogens is 1. The molecule has 5 heteroatoms. The van der Waals surface area contributed by atoms with Gasteiger partial charge in [0.25, 0.3) is 0 Å². The summed E-state index contributed by atoms with van der Waals surface area (Å²) in [5.74, 6) is 0. The molecule has 0 unspecified atom stereocenters. The fraction of sp³-hybridized carbons (Fsp3) is 0.769. The summed E-state index contributed by atoms with van der Waals surface area (Å²) >= 11 is 6.20. The third-order valence-electron chi connectivity index (χ3n) is 3.14. The van der Waals surface area contributed by atoms with Gasteiger partial charge in [0.2, 0.25) is 0 Å². The van der Waals surface area contributed by atoms with E-state index in [1.807, 2.05) is 18.7 Å². The lowest BCUT2D eigenvalue weighted by molar-refractivity contribution is 0.150. The van der Waals surface area contributed by atoms with Crippen molar-refractivity contribution in [2.75, 3.05) is 20.3 Å². The van der Waals surface area contributed by atoms with Gasteiger partial charge in [0.15, 0.2) is 0 Å². The minimum Gasteiger partial charge on any atom is -0.385 e. The van der Waals surface area contributed by atoms with Crippen molar-refractivity contribution in [1.29, 1.82) is 0 Å². The molecule has 0 aliphatic heterocycles. The number of aryl methyl sites for hydroxylation is 2. The van der Waals surface area contributed by atoms with Crippen LogP contribution in [-0.2, 0) is 18.3 Å². The van der Waals surface area contributed by atoms with E-state index in [2.05, 4.69) is 24.3 Å². The van der Waals surface area contributed by atoms with Gasteiger partial charge < -0.3 is 10.1 Å². The minimum absolute atomic E-state index is 0.218. The molecular weight excluding hydrogens is 250 g/mol. The number of ether oxygens (including phenoxy) is 1. The molecular formula is C13H24ClN3O. The van der Waals surface area contributed by atoms with Crippen molar-refractivity contribution in [2.24, 2.45) is 12.5 Å². The molecule has 0 fully saturated rings. The summed E-state index contributed by atoms with van der Waals surface area (Å²) < 4.78 is 6.96. The zero-order valence-corrected chi connectivity index (χ0v) is 12.8. The number of rotatable bonds is 7. The summed E-state index contributed by atoms with van der Waals surface area (Å²) in [5.41, 5.74) is 2.14. The number of hydrogen-bond acceptors (Lipinski definition) is 3. The first-order chi connectivity index (χ1) is 8.37. The summed E-state index contributed by atoms with van der Waals surface area (Å²) in [7, 11) is 3.66. The van der Waals surface area contributed by atoms with Gasteiger partial charge in [-0.3, -0.25) is 4.68 Å². The van der Waals surface area contributed by atoms with Crippen LogP contribution in [0, 0.1) is 12.3 Å². The molecule has 1 rings (SSSR count). The maximum absolute atomic E-state index is 6.20. The molecule has 0 amide bonds. The second-order valence-corrected chi connectivity index (χ2v) is 5.86. The molecule has 1 N–H and O–H groups in total. The summed E-state index contributed by atoms with van der Waals surface area (Å²) in [4.78, 5) is 0. The van der Waals surface area contributed by atoms with E-state index in [-0.39, 0.29) is 5.41 Å². The molecule has 0 aromatic carbocycles. The van der Waals surface area contributed by atoms with Crippen molar-refractivity contribution in [3.05, 3.63) is 16.4 Å². The molecule has 4 nitrogen and oxygen atoms in total. The standard InChI is InChI=1S/C13H24ClN3O/c1-10-12(14)11(17(4)16-10)8-15-9-13(2,3)6-7-18-5/h15H,6-9H2,1-5H3. The third-order valence-corrected chi connectivity index (χ3v) is 3.63. The average Bonchev–Trinajstić information content (AvgIpc) is 2.53. The van der Waals surface area contributed by atoms with E-state index in [1.165, 1.54) is 0 Å². The number of nitrogens with zero attached hydrogens (tertiary/aromatic N) is 2. The van der Waals surface area contributed by atoms with E-state index in [0.29, 0.717) is 0 Å². The lowest BCUT2D eigenvalue weighted by Crippen LogP contribution is -2.30. The van der Waals surface area contributed by atoms with Crippen LogP contribution in [0.3, 0.4) is 0 Å². The molecule has 0 aliphatic rings. The molecule has 18 heavy (non-hydrogen) atoms. The largest absolute Gasteiger partial charge is 0.385 e. The van der Waals surface area contributed by atoms with Gasteiger partial charge in [-0.1, -0.05) is 25.4 Å². The Balaban J connectivity index is 2.46. The number of hydrogen-bond donors (Lipinski definition) is 1. The molecule has 0 spiro atoms. The highest BCUT2D eigenvalue weighted by atomic mass is 35.5. The van der Waals surface area contributed by atoms with E-state index in [0.717, 1.165) is 42.5 Å².